The minimum absolute atomic E-state index is 0.0186. The highest BCUT2D eigenvalue weighted by atomic mass is 32.2. The molecular weight excluding hydrogens is 416 g/mol. The average molecular weight is 445 g/mol. The number of carbonyl (C=O) groups excluding carboxylic acids is 2. The first-order valence-corrected chi connectivity index (χ1v) is 11.2. The molecule has 1 aliphatic rings. The van der Waals surface area contributed by atoms with Crippen molar-refractivity contribution in [3.63, 3.8) is 0 Å². The van der Waals surface area contributed by atoms with Crippen LogP contribution < -0.4 is 0 Å². The van der Waals surface area contributed by atoms with Crippen molar-refractivity contribution in [3.8, 4) is 0 Å². The molecular formula is C24H28O6S. The lowest BCUT2D eigenvalue weighted by Gasteiger charge is -2.39. The third-order valence-corrected chi connectivity index (χ3v) is 6.09. The first kappa shape index (κ1) is 23.5. The minimum atomic E-state index is -0.941. The monoisotopic (exact) mass is 444 g/mol. The zero-order valence-corrected chi connectivity index (χ0v) is 18.5. The van der Waals surface area contributed by atoms with Gasteiger partial charge >= 0.3 is 5.97 Å². The summed E-state index contributed by atoms with van der Waals surface area (Å²) in [5.74, 6) is -0.597. The summed E-state index contributed by atoms with van der Waals surface area (Å²) in [6.07, 6.45) is -2.42. The Bertz CT molecular complexity index is 854. The Hall–Kier alpha value is -2.19. The van der Waals surface area contributed by atoms with Crippen LogP contribution in [-0.4, -0.2) is 47.2 Å². The highest BCUT2D eigenvalue weighted by Crippen LogP contribution is 2.34. The molecule has 0 bridgehead atoms. The standard InChI is InChI=1S/C24H28O6S/c1-16-8-11-19(12-9-16)31-24-23(30-21(27)13-10-17(2)25)22(20(26)15-29-24)28-14-18-6-4-3-5-7-18/h3-9,11-12,20,22-24,26H,10,13-15H2,1-2H3/t20-,22+,23-,24+/m1/s1. The molecule has 0 radical (unpaired) electrons. The van der Waals surface area contributed by atoms with Crippen LogP contribution in [0.2, 0.25) is 0 Å². The van der Waals surface area contributed by atoms with Gasteiger partial charge in [0.15, 0.2) is 6.10 Å². The molecule has 2 aromatic rings. The van der Waals surface area contributed by atoms with Gasteiger partial charge in [-0.15, -0.1) is 0 Å². The second-order valence-electron chi connectivity index (χ2n) is 7.62. The van der Waals surface area contributed by atoms with Crippen LogP contribution in [0.4, 0.5) is 0 Å². The minimum Gasteiger partial charge on any atom is -0.456 e. The Labute approximate surface area is 186 Å². The average Bonchev–Trinajstić information content (AvgIpc) is 2.76. The number of esters is 1. The molecule has 7 heteroatoms. The lowest BCUT2D eigenvalue weighted by Crippen LogP contribution is -2.54. The Morgan fingerprint density at radius 1 is 1.06 bits per heavy atom. The van der Waals surface area contributed by atoms with Crippen LogP contribution >= 0.6 is 11.8 Å². The van der Waals surface area contributed by atoms with E-state index >= 15 is 0 Å². The van der Waals surface area contributed by atoms with Gasteiger partial charge in [0.2, 0.25) is 0 Å². The zero-order chi connectivity index (χ0) is 22.2. The SMILES string of the molecule is CC(=O)CCC(=O)O[C@@H]1[C@@H](OCc2ccccc2)[C@H](O)CO[C@H]1Sc1ccc(C)cc1. The molecule has 0 spiro atoms. The molecule has 0 aromatic heterocycles. The highest BCUT2D eigenvalue weighted by molar-refractivity contribution is 7.99. The van der Waals surface area contributed by atoms with E-state index in [9.17, 15) is 14.7 Å². The van der Waals surface area contributed by atoms with Gasteiger partial charge in [0.1, 0.15) is 23.4 Å². The lowest BCUT2D eigenvalue weighted by molar-refractivity contribution is -0.206. The smallest absolute Gasteiger partial charge is 0.306 e. The summed E-state index contributed by atoms with van der Waals surface area (Å²) in [5.41, 5.74) is 1.54. The van der Waals surface area contributed by atoms with Crippen LogP contribution in [0.25, 0.3) is 0 Å². The summed E-state index contributed by atoms with van der Waals surface area (Å²) in [6.45, 7) is 3.79. The van der Waals surface area contributed by atoms with E-state index < -0.39 is 29.7 Å². The van der Waals surface area contributed by atoms with Gasteiger partial charge in [0.25, 0.3) is 0 Å². The van der Waals surface area contributed by atoms with Crippen molar-refractivity contribution in [2.75, 3.05) is 6.61 Å². The van der Waals surface area contributed by atoms with Gasteiger partial charge in [-0.2, -0.15) is 0 Å². The van der Waals surface area contributed by atoms with E-state index in [-0.39, 0.29) is 31.8 Å². The Morgan fingerprint density at radius 3 is 2.45 bits per heavy atom. The quantitative estimate of drug-likeness (QED) is 0.591. The first-order valence-electron chi connectivity index (χ1n) is 10.3. The third kappa shape index (κ3) is 7.18. The second kappa shape index (κ2) is 11.4. The van der Waals surface area contributed by atoms with Crippen molar-refractivity contribution >= 4 is 23.5 Å². The van der Waals surface area contributed by atoms with Crippen LogP contribution in [-0.2, 0) is 30.4 Å². The third-order valence-electron chi connectivity index (χ3n) is 4.91. The molecule has 0 amide bonds. The van der Waals surface area contributed by atoms with Gasteiger partial charge in [0, 0.05) is 11.3 Å². The van der Waals surface area contributed by atoms with Gasteiger partial charge in [-0.05, 0) is 31.5 Å². The van der Waals surface area contributed by atoms with E-state index in [0.717, 1.165) is 16.0 Å². The van der Waals surface area contributed by atoms with Crippen LogP contribution in [0, 0.1) is 6.92 Å². The summed E-state index contributed by atoms with van der Waals surface area (Å²) in [6, 6.07) is 17.5. The predicted molar refractivity (Wildman–Crippen MR) is 118 cm³/mol. The fraction of sp³-hybridized carbons (Fsp3) is 0.417. The number of hydrogen-bond donors (Lipinski definition) is 1. The van der Waals surface area contributed by atoms with Crippen molar-refractivity contribution in [1.29, 1.82) is 0 Å². The van der Waals surface area contributed by atoms with Crippen molar-refractivity contribution < 1.29 is 28.9 Å². The number of benzene rings is 2. The lowest BCUT2D eigenvalue weighted by atomic mass is 10.1. The van der Waals surface area contributed by atoms with Crippen molar-refractivity contribution in [2.24, 2.45) is 0 Å². The largest absolute Gasteiger partial charge is 0.456 e. The summed E-state index contributed by atoms with van der Waals surface area (Å²) < 4.78 is 17.6. The van der Waals surface area contributed by atoms with E-state index in [1.807, 2.05) is 61.5 Å². The fourth-order valence-corrected chi connectivity index (χ4v) is 4.25. The normalized spacial score (nSPS) is 23.3. The molecule has 0 unspecified atom stereocenters. The molecule has 3 rings (SSSR count). The Balaban J connectivity index is 1.75. The number of aliphatic hydroxyl groups excluding tert-OH is 1. The molecule has 1 aliphatic heterocycles. The van der Waals surface area contributed by atoms with Gasteiger partial charge in [-0.25, -0.2) is 0 Å². The van der Waals surface area contributed by atoms with Crippen molar-refractivity contribution in [2.45, 2.75) is 61.9 Å². The molecule has 0 saturated carbocycles. The maximum atomic E-state index is 12.4. The molecule has 166 valence electrons. The molecule has 0 aliphatic carbocycles. The number of thioether (sulfide) groups is 1. The molecule has 6 nitrogen and oxygen atoms in total. The number of carbonyl (C=O) groups is 2. The summed E-state index contributed by atoms with van der Waals surface area (Å²) in [4.78, 5) is 24.6. The van der Waals surface area contributed by atoms with E-state index in [4.69, 9.17) is 14.2 Å². The van der Waals surface area contributed by atoms with E-state index in [1.54, 1.807) is 0 Å². The first-order chi connectivity index (χ1) is 14.9. The number of rotatable bonds is 9. The van der Waals surface area contributed by atoms with Gasteiger partial charge < -0.3 is 24.1 Å². The highest BCUT2D eigenvalue weighted by Gasteiger charge is 2.44. The van der Waals surface area contributed by atoms with Crippen molar-refractivity contribution in [1.82, 2.24) is 0 Å². The molecule has 31 heavy (non-hydrogen) atoms. The molecule has 2 aromatic carbocycles. The Kier molecular flexibility index (Phi) is 8.66. The van der Waals surface area contributed by atoms with Gasteiger partial charge in [-0.1, -0.05) is 59.8 Å². The van der Waals surface area contributed by atoms with E-state index in [0.29, 0.717) is 0 Å². The van der Waals surface area contributed by atoms with Crippen LogP contribution in [0.3, 0.4) is 0 Å². The number of aliphatic hydroxyl groups is 1. The Morgan fingerprint density at radius 2 is 1.77 bits per heavy atom. The van der Waals surface area contributed by atoms with Crippen LogP contribution in [0.1, 0.15) is 30.9 Å². The summed E-state index contributed by atoms with van der Waals surface area (Å²) in [5, 5.41) is 10.6. The van der Waals surface area contributed by atoms with Crippen molar-refractivity contribution in [3.05, 3.63) is 65.7 Å². The molecule has 1 fully saturated rings. The van der Waals surface area contributed by atoms with E-state index in [1.165, 1.54) is 18.7 Å². The molecule has 1 heterocycles. The molecule has 4 atom stereocenters. The number of ketones is 1. The number of ether oxygens (including phenoxy) is 3. The zero-order valence-electron chi connectivity index (χ0n) is 17.7. The predicted octanol–water partition coefficient (Wildman–Crippen LogP) is 3.67. The van der Waals surface area contributed by atoms with E-state index in [2.05, 4.69) is 0 Å². The molecule has 1 N–H and O–H groups in total. The summed E-state index contributed by atoms with van der Waals surface area (Å²) >= 11 is 1.42. The summed E-state index contributed by atoms with van der Waals surface area (Å²) in [7, 11) is 0. The second-order valence-corrected chi connectivity index (χ2v) is 8.79. The number of aryl methyl sites for hydroxylation is 1. The number of Topliss-reactive ketones (excluding diaryl/α,β-unsaturated/α-hetero) is 1. The van der Waals surface area contributed by atoms with Crippen LogP contribution in [0.5, 0.6) is 0 Å². The number of hydrogen-bond acceptors (Lipinski definition) is 7. The van der Waals surface area contributed by atoms with Gasteiger partial charge in [0.05, 0.1) is 19.6 Å². The van der Waals surface area contributed by atoms with Gasteiger partial charge in [-0.3, -0.25) is 4.79 Å². The molecule has 1 saturated heterocycles. The van der Waals surface area contributed by atoms with Crippen LogP contribution in [0.15, 0.2) is 59.5 Å². The topological polar surface area (TPSA) is 82.1 Å². The fourth-order valence-electron chi connectivity index (χ4n) is 3.19. The maximum Gasteiger partial charge on any atom is 0.306 e. The maximum absolute atomic E-state index is 12.4.